The van der Waals surface area contributed by atoms with Gasteiger partial charge in [0.25, 0.3) is 0 Å². The van der Waals surface area contributed by atoms with Gasteiger partial charge in [0, 0.05) is 26.2 Å². The lowest BCUT2D eigenvalue weighted by Crippen LogP contribution is -2.59. The van der Waals surface area contributed by atoms with Crippen molar-refractivity contribution in [1.82, 2.24) is 20.0 Å². The van der Waals surface area contributed by atoms with Crippen molar-refractivity contribution in [2.45, 2.75) is 51.9 Å². The van der Waals surface area contributed by atoms with Gasteiger partial charge in [-0.3, -0.25) is 33.9 Å². The first kappa shape index (κ1) is 23.6. The maximum atomic E-state index is 12.2. The van der Waals surface area contributed by atoms with Crippen molar-refractivity contribution in [3.8, 4) is 0 Å². The molecule has 154 valence electrons. The number of carbonyl (C=O) groups excluding carboxylic acids is 4. The zero-order valence-corrected chi connectivity index (χ0v) is 17.6. The third-order valence-corrected chi connectivity index (χ3v) is 5.44. The van der Waals surface area contributed by atoms with E-state index in [2.05, 4.69) is 5.32 Å². The van der Waals surface area contributed by atoms with Crippen LogP contribution in [0.15, 0.2) is 0 Å². The van der Waals surface area contributed by atoms with Crippen molar-refractivity contribution in [1.29, 1.82) is 0 Å². The highest BCUT2D eigenvalue weighted by Gasteiger charge is 2.33. The molecule has 8 nitrogen and oxygen atoms in total. The second-order valence-electron chi connectivity index (χ2n) is 7.77. The van der Waals surface area contributed by atoms with Gasteiger partial charge in [0.2, 0.25) is 0 Å². The largest absolute Gasteiger partial charge is 0.304 e. The number of hydrogen-bond donors (Lipinski definition) is 1. The predicted molar refractivity (Wildman–Crippen MR) is 104 cm³/mol. The van der Waals surface area contributed by atoms with Crippen molar-refractivity contribution >= 4 is 23.1 Å². The molecule has 1 aliphatic rings. The Morgan fingerprint density at radius 1 is 0.630 bits per heavy atom. The second kappa shape index (κ2) is 10.2. The Balaban J connectivity index is 3.25. The summed E-state index contributed by atoms with van der Waals surface area (Å²) in [5.41, 5.74) is 0. The molecule has 1 fully saturated rings. The first-order chi connectivity index (χ1) is 12.5. The Labute approximate surface area is 162 Å². The molecule has 1 aliphatic heterocycles. The topological polar surface area (TPSA) is 90.0 Å². The summed E-state index contributed by atoms with van der Waals surface area (Å²) >= 11 is 0. The molecule has 1 heterocycles. The molecule has 1 rings (SSSR count). The minimum atomic E-state index is -0.472. The van der Waals surface area contributed by atoms with Crippen LogP contribution in [0.1, 0.15) is 27.7 Å². The molecule has 0 aliphatic carbocycles. The summed E-state index contributed by atoms with van der Waals surface area (Å²) in [6, 6.07) is -1.75. The van der Waals surface area contributed by atoms with E-state index in [-0.39, 0.29) is 23.1 Å². The summed E-state index contributed by atoms with van der Waals surface area (Å²) in [5.74, 6) is -0.0883. The SMILES string of the molecule is CC(=O)C1CN(C)C(C(C)=O)CN(C)C(C(C)=O)CN(C)C(C(C)=O)CN1. The van der Waals surface area contributed by atoms with Gasteiger partial charge in [-0.15, -0.1) is 0 Å². The molecule has 0 saturated carbocycles. The van der Waals surface area contributed by atoms with Gasteiger partial charge < -0.3 is 5.32 Å². The van der Waals surface area contributed by atoms with Crippen molar-refractivity contribution in [3.63, 3.8) is 0 Å². The molecule has 0 bridgehead atoms. The molecule has 0 radical (unpaired) electrons. The fraction of sp³-hybridized carbons (Fsp3) is 0.789. The molecule has 0 spiro atoms. The minimum absolute atomic E-state index is 0.0109. The normalized spacial score (nSPS) is 30.2. The van der Waals surface area contributed by atoms with Gasteiger partial charge in [0.15, 0.2) is 0 Å². The summed E-state index contributed by atoms with van der Waals surface area (Å²) in [5, 5.41) is 3.18. The zero-order valence-electron chi connectivity index (χ0n) is 17.6. The Hall–Kier alpha value is -1.48. The van der Waals surface area contributed by atoms with E-state index in [1.54, 1.807) is 14.1 Å². The molecule has 4 atom stereocenters. The average Bonchev–Trinajstić information content (AvgIpc) is 2.54. The summed E-state index contributed by atoms with van der Waals surface area (Å²) in [6.07, 6.45) is 0. The van der Waals surface area contributed by atoms with Crippen LogP contribution < -0.4 is 5.32 Å². The molecule has 27 heavy (non-hydrogen) atoms. The average molecular weight is 383 g/mol. The van der Waals surface area contributed by atoms with Gasteiger partial charge in [-0.05, 0) is 48.8 Å². The summed E-state index contributed by atoms with van der Waals surface area (Å²) < 4.78 is 0. The van der Waals surface area contributed by atoms with E-state index in [9.17, 15) is 19.2 Å². The van der Waals surface area contributed by atoms with Crippen LogP contribution in [0.25, 0.3) is 0 Å². The second-order valence-corrected chi connectivity index (χ2v) is 7.77. The van der Waals surface area contributed by atoms with Gasteiger partial charge in [-0.2, -0.15) is 0 Å². The van der Waals surface area contributed by atoms with E-state index in [1.807, 2.05) is 21.7 Å². The van der Waals surface area contributed by atoms with Crippen molar-refractivity contribution in [2.24, 2.45) is 0 Å². The molecule has 0 amide bonds. The van der Waals surface area contributed by atoms with Gasteiger partial charge >= 0.3 is 0 Å². The van der Waals surface area contributed by atoms with Gasteiger partial charge in [0.05, 0.1) is 24.2 Å². The number of likely N-dealkylation sites (N-methyl/N-ethyl adjacent to an activating group) is 3. The van der Waals surface area contributed by atoms with Crippen LogP contribution in [0.3, 0.4) is 0 Å². The third kappa shape index (κ3) is 6.57. The number of hydrogen-bond acceptors (Lipinski definition) is 8. The maximum Gasteiger partial charge on any atom is 0.148 e. The lowest BCUT2D eigenvalue weighted by molar-refractivity contribution is -0.129. The molecule has 1 saturated heterocycles. The van der Waals surface area contributed by atoms with Crippen LogP contribution in [0.5, 0.6) is 0 Å². The third-order valence-electron chi connectivity index (χ3n) is 5.44. The minimum Gasteiger partial charge on any atom is -0.304 e. The molecule has 0 aromatic carbocycles. The first-order valence-corrected chi connectivity index (χ1v) is 9.31. The lowest BCUT2D eigenvalue weighted by atomic mass is 10.0. The van der Waals surface area contributed by atoms with Crippen molar-refractivity contribution in [2.75, 3.05) is 47.3 Å². The van der Waals surface area contributed by atoms with Gasteiger partial charge in [-0.25, -0.2) is 0 Å². The van der Waals surface area contributed by atoms with Crippen LogP contribution >= 0.6 is 0 Å². The first-order valence-electron chi connectivity index (χ1n) is 9.31. The number of ketones is 4. The summed E-state index contributed by atoms with van der Waals surface area (Å²) in [7, 11) is 5.43. The number of rotatable bonds is 4. The molecular formula is C19H34N4O4. The Morgan fingerprint density at radius 3 is 1.37 bits per heavy atom. The molecule has 4 unspecified atom stereocenters. The number of nitrogens with one attached hydrogen (secondary N) is 1. The number of carbonyl (C=O) groups is 4. The number of Topliss-reactive ketones (excluding diaryl/α,β-unsaturated/α-hetero) is 4. The molecular weight excluding hydrogens is 348 g/mol. The van der Waals surface area contributed by atoms with E-state index in [1.165, 1.54) is 27.7 Å². The molecule has 1 N–H and O–H groups in total. The number of nitrogens with zero attached hydrogens (tertiary/aromatic N) is 3. The molecule has 8 heteroatoms. The van der Waals surface area contributed by atoms with Crippen LogP contribution in [0, 0.1) is 0 Å². The summed E-state index contributed by atoms with van der Waals surface area (Å²) in [4.78, 5) is 54.2. The smallest absolute Gasteiger partial charge is 0.148 e. The summed E-state index contributed by atoms with van der Waals surface area (Å²) in [6.45, 7) is 7.48. The van der Waals surface area contributed by atoms with Crippen LogP contribution in [0.2, 0.25) is 0 Å². The Bertz CT molecular complexity index is 580. The van der Waals surface area contributed by atoms with Crippen molar-refractivity contribution < 1.29 is 19.2 Å². The van der Waals surface area contributed by atoms with E-state index >= 15 is 0 Å². The predicted octanol–water partition coefficient (Wildman–Crippen LogP) is -0.785. The van der Waals surface area contributed by atoms with E-state index < -0.39 is 24.2 Å². The van der Waals surface area contributed by atoms with E-state index in [0.29, 0.717) is 26.2 Å². The zero-order chi connectivity index (χ0) is 20.9. The fourth-order valence-electron chi connectivity index (χ4n) is 3.57. The van der Waals surface area contributed by atoms with Crippen LogP contribution in [-0.4, -0.2) is 109 Å². The van der Waals surface area contributed by atoms with E-state index in [4.69, 9.17) is 0 Å². The van der Waals surface area contributed by atoms with Gasteiger partial charge in [0.1, 0.15) is 23.1 Å². The highest BCUT2D eigenvalue weighted by molar-refractivity contribution is 5.85. The van der Waals surface area contributed by atoms with Crippen molar-refractivity contribution in [3.05, 3.63) is 0 Å². The molecule has 0 aromatic rings. The lowest BCUT2D eigenvalue weighted by Gasteiger charge is -2.38. The quantitative estimate of drug-likeness (QED) is 0.677. The maximum absolute atomic E-state index is 12.2. The highest BCUT2D eigenvalue weighted by atomic mass is 16.1. The van der Waals surface area contributed by atoms with E-state index in [0.717, 1.165) is 0 Å². The standard InChI is InChI=1S/C19H34N4O4/c1-12(24)16-9-21(5)18(14(3)26)11-23(7)19(15(4)27)10-22(6)17(8-20-16)13(2)25/h16-20H,8-11H2,1-7H3. The molecule has 0 aromatic heterocycles. The van der Waals surface area contributed by atoms with Gasteiger partial charge in [-0.1, -0.05) is 0 Å². The monoisotopic (exact) mass is 382 g/mol. The fourth-order valence-corrected chi connectivity index (χ4v) is 3.57. The Kier molecular flexibility index (Phi) is 8.87. The van der Waals surface area contributed by atoms with Crippen LogP contribution in [0.4, 0.5) is 0 Å². The highest BCUT2D eigenvalue weighted by Crippen LogP contribution is 2.11. The Morgan fingerprint density at radius 2 is 1.00 bits per heavy atom. The van der Waals surface area contributed by atoms with Crippen LogP contribution in [-0.2, 0) is 19.2 Å².